The zero-order valence-corrected chi connectivity index (χ0v) is 12.6. The second-order valence-corrected chi connectivity index (χ2v) is 5.80. The number of hydrogen-bond acceptors (Lipinski definition) is 5. The van der Waals surface area contributed by atoms with E-state index in [9.17, 15) is 0 Å². The SMILES string of the molecule is CCCOc1ncnc(NCC2CCC(C)CC2)c1N. The quantitative estimate of drug-likeness (QED) is 0.836. The van der Waals surface area contributed by atoms with Crippen molar-refractivity contribution >= 4 is 11.5 Å². The first-order valence-corrected chi connectivity index (χ1v) is 7.67. The van der Waals surface area contributed by atoms with E-state index < -0.39 is 0 Å². The largest absolute Gasteiger partial charge is 0.476 e. The number of aromatic nitrogens is 2. The van der Waals surface area contributed by atoms with Gasteiger partial charge in [-0.2, -0.15) is 4.98 Å². The number of rotatable bonds is 6. The van der Waals surface area contributed by atoms with E-state index >= 15 is 0 Å². The number of nitrogens with one attached hydrogen (secondary N) is 1. The fourth-order valence-electron chi connectivity index (χ4n) is 2.61. The number of anilines is 2. The molecule has 1 aliphatic rings. The molecule has 0 atom stereocenters. The molecule has 112 valence electrons. The van der Waals surface area contributed by atoms with Gasteiger partial charge in [0.2, 0.25) is 5.88 Å². The van der Waals surface area contributed by atoms with Gasteiger partial charge in [-0.3, -0.25) is 0 Å². The molecule has 0 aliphatic heterocycles. The predicted molar refractivity (Wildman–Crippen MR) is 81.8 cm³/mol. The van der Waals surface area contributed by atoms with E-state index in [-0.39, 0.29) is 0 Å². The lowest BCUT2D eigenvalue weighted by Gasteiger charge is -2.26. The summed E-state index contributed by atoms with van der Waals surface area (Å²) in [7, 11) is 0. The first kappa shape index (κ1) is 14.9. The van der Waals surface area contributed by atoms with Crippen molar-refractivity contribution in [1.82, 2.24) is 9.97 Å². The second kappa shape index (κ2) is 7.31. The normalized spacial score (nSPS) is 22.5. The van der Waals surface area contributed by atoms with Gasteiger partial charge in [-0.1, -0.05) is 26.7 Å². The van der Waals surface area contributed by atoms with Crippen LogP contribution in [0.25, 0.3) is 0 Å². The number of nitrogens with two attached hydrogens (primary N) is 1. The predicted octanol–water partition coefficient (Wildman–Crippen LogP) is 3.09. The van der Waals surface area contributed by atoms with Crippen LogP contribution >= 0.6 is 0 Å². The minimum Gasteiger partial charge on any atom is -0.476 e. The molecule has 1 aromatic rings. The van der Waals surface area contributed by atoms with E-state index in [0.717, 1.165) is 24.8 Å². The molecule has 0 unspecified atom stereocenters. The minimum atomic E-state index is 0.488. The standard InChI is InChI=1S/C15H26N4O/c1-3-8-20-15-13(16)14(18-10-19-15)17-9-12-6-4-11(2)5-7-12/h10-12H,3-9,16H2,1-2H3,(H,17,18,19). The van der Waals surface area contributed by atoms with Crippen LogP contribution in [0.2, 0.25) is 0 Å². The van der Waals surface area contributed by atoms with Crippen molar-refractivity contribution in [2.24, 2.45) is 11.8 Å². The molecule has 0 bridgehead atoms. The van der Waals surface area contributed by atoms with Gasteiger partial charge in [0.15, 0.2) is 5.82 Å². The van der Waals surface area contributed by atoms with Gasteiger partial charge in [-0.25, -0.2) is 4.98 Å². The van der Waals surface area contributed by atoms with Gasteiger partial charge in [0, 0.05) is 6.54 Å². The average molecular weight is 278 g/mol. The molecule has 5 nitrogen and oxygen atoms in total. The van der Waals surface area contributed by atoms with Gasteiger partial charge in [0.25, 0.3) is 0 Å². The zero-order chi connectivity index (χ0) is 14.4. The van der Waals surface area contributed by atoms with Crippen molar-refractivity contribution in [1.29, 1.82) is 0 Å². The summed E-state index contributed by atoms with van der Waals surface area (Å²) in [5, 5.41) is 3.36. The molecule has 3 N–H and O–H groups in total. The van der Waals surface area contributed by atoms with E-state index in [1.807, 2.05) is 0 Å². The Morgan fingerprint density at radius 3 is 2.75 bits per heavy atom. The van der Waals surface area contributed by atoms with Crippen LogP contribution in [0.4, 0.5) is 11.5 Å². The third-order valence-corrected chi connectivity index (χ3v) is 3.98. The zero-order valence-electron chi connectivity index (χ0n) is 12.6. The third-order valence-electron chi connectivity index (χ3n) is 3.98. The molecule has 1 aliphatic carbocycles. The lowest BCUT2D eigenvalue weighted by atomic mass is 9.83. The summed E-state index contributed by atoms with van der Waals surface area (Å²) in [6, 6.07) is 0. The Morgan fingerprint density at radius 1 is 1.30 bits per heavy atom. The van der Waals surface area contributed by atoms with Crippen LogP contribution < -0.4 is 15.8 Å². The van der Waals surface area contributed by atoms with Crippen molar-refractivity contribution in [2.75, 3.05) is 24.2 Å². The van der Waals surface area contributed by atoms with Crippen LogP contribution in [-0.4, -0.2) is 23.1 Å². The lowest BCUT2D eigenvalue weighted by molar-refractivity contribution is 0.300. The first-order valence-electron chi connectivity index (χ1n) is 7.67. The molecule has 1 heterocycles. The maximum atomic E-state index is 6.05. The van der Waals surface area contributed by atoms with Gasteiger partial charge < -0.3 is 15.8 Å². The molecule has 5 heteroatoms. The molecular weight excluding hydrogens is 252 g/mol. The summed E-state index contributed by atoms with van der Waals surface area (Å²) in [5.74, 6) is 2.79. The van der Waals surface area contributed by atoms with Crippen molar-refractivity contribution in [3.8, 4) is 5.88 Å². The maximum absolute atomic E-state index is 6.05. The number of ether oxygens (including phenoxy) is 1. The monoisotopic (exact) mass is 278 g/mol. The Balaban J connectivity index is 1.89. The second-order valence-electron chi connectivity index (χ2n) is 5.80. The van der Waals surface area contributed by atoms with E-state index in [1.54, 1.807) is 0 Å². The molecule has 1 fully saturated rings. The fourth-order valence-corrected chi connectivity index (χ4v) is 2.61. The summed E-state index contributed by atoms with van der Waals surface area (Å²) in [4.78, 5) is 8.30. The van der Waals surface area contributed by atoms with E-state index in [1.165, 1.54) is 32.0 Å². The summed E-state index contributed by atoms with van der Waals surface area (Å²) >= 11 is 0. The van der Waals surface area contributed by atoms with Crippen LogP contribution in [0.15, 0.2) is 6.33 Å². The van der Waals surface area contributed by atoms with Gasteiger partial charge >= 0.3 is 0 Å². The smallest absolute Gasteiger partial charge is 0.242 e. The highest BCUT2D eigenvalue weighted by Crippen LogP contribution is 2.30. The lowest BCUT2D eigenvalue weighted by Crippen LogP contribution is -2.21. The molecule has 0 amide bonds. The van der Waals surface area contributed by atoms with Crippen molar-refractivity contribution in [2.45, 2.75) is 46.0 Å². The van der Waals surface area contributed by atoms with Gasteiger partial charge in [0.1, 0.15) is 12.0 Å². The Hall–Kier alpha value is -1.52. The van der Waals surface area contributed by atoms with Crippen LogP contribution in [0.1, 0.15) is 46.0 Å². The maximum Gasteiger partial charge on any atom is 0.242 e. The summed E-state index contributed by atoms with van der Waals surface area (Å²) in [5.41, 5.74) is 6.57. The molecule has 20 heavy (non-hydrogen) atoms. The average Bonchev–Trinajstić information content (AvgIpc) is 2.47. The molecule has 2 rings (SSSR count). The summed E-state index contributed by atoms with van der Waals surface area (Å²) in [6.45, 7) is 5.95. The fraction of sp³-hybridized carbons (Fsp3) is 0.733. The van der Waals surface area contributed by atoms with Crippen LogP contribution in [0, 0.1) is 11.8 Å². The molecule has 0 saturated heterocycles. The Morgan fingerprint density at radius 2 is 2.05 bits per heavy atom. The molecular formula is C15H26N4O. The van der Waals surface area contributed by atoms with Gasteiger partial charge in [0.05, 0.1) is 6.61 Å². The van der Waals surface area contributed by atoms with Crippen molar-refractivity contribution < 1.29 is 4.74 Å². The molecule has 0 aromatic carbocycles. The van der Waals surface area contributed by atoms with E-state index in [0.29, 0.717) is 24.0 Å². The number of hydrogen-bond donors (Lipinski definition) is 2. The highest BCUT2D eigenvalue weighted by molar-refractivity contribution is 5.66. The Kier molecular flexibility index (Phi) is 5.44. The van der Waals surface area contributed by atoms with Gasteiger partial charge in [-0.15, -0.1) is 0 Å². The Bertz CT molecular complexity index is 416. The summed E-state index contributed by atoms with van der Waals surface area (Å²) in [6.07, 6.45) is 7.68. The van der Waals surface area contributed by atoms with Crippen molar-refractivity contribution in [3.05, 3.63) is 6.33 Å². The molecule has 1 aromatic heterocycles. The van der Waals surface area contributed by atoms with Gasteiger partial charge in [-0.05, 0) is 31.1 Å². The van der Waals surface area contributed by atoms with Crippen LogP contribution in [0.3, 0.4) is 0 Å². The minimum absolute atomic E-state index is 0.488. The molecule has 0 radical (unpaired) electrons. The third kappa shape index (κ3) is 3.99. The number of nitrogens with zero attached hydrogens (tertiary/aromatic N) is 2. The van der Waals surface area contributed by atoms with Crippen LogP contribution in [0.5, 0.6) is 5.88 Å². The van der Waals surface area contributed by atoms with E-state index in [4.69, 9.17) is 10.5 Å². The van der Waals surface area contributed by atoms with E-state index in [2.05, 4.69) is 29.1 Å². The highest BCUT2D eigenvalue weighted by atomic mass is 16.5. The molecule has 0 spiro atoms. The van der Waals surface area contributed by atoms with Crippen LogP contribution in [-0.2, 0) is 0 Å². The number of nitrogen functional groups attached to an aromatic ring is 1. The molecule has 1 saturated carbocycles. The summed E-state index contributed by atoms with van der Waals surface area (Å²) < 4.78 is 5.52. The topological polar surface area (TPSA) is 73.1 Å². The highest BCUT2D eigenvalue weighted by Gasteiger charge is 2.18. The Labute approximate surface area is 121 Å². The first-order chi connectivity index (χ1) is 9.70. The van der Waals surface area contributed by atoms with Crippen molar-refractivity contribution in [3.63, 3.8) is 0 Å².